The fourth-order valence-electron chi connectivity index (χ4n) is 2.35. The normalized spacial score (nSPS) is 12.6. The maximum atomic E-state index is 12.9. The van der Waals surface area contributed by atoms with Gasteiger partial charge < -0.3 is 10.1 Å². The molecular weight excluding hydrogens is 440 g/mol. The molecule has 0 heterocycles. The van der Waals surface area contributed by atoms with Crippen molar-refractivity contribution in [2.24, 2.45) is 0 Å². The van der Waals surface area contributed by atoms with Gasteiger partial charge in [-0.15, -0.1) is 0 Å². The molecular formula is C18H15F6NO4S. The Morgan fingerprint density at radius 2 is 1.43 bits per heavy atom. The Bertz CT molecular complexity index is 982. The van der Waals surface area contributed by atoms with Crippen LogP contribution in [-0.2, 0) is 26.9 Å². The molecule has 0 fully saturated rings. The largest absolute Gasteiger partial charge is 0.416 e. The van der Waals surface area contributed by atoms with E-state index in [1.54, 1.807) is 0 Å². The molecule has 0 aliphatic carbocycles. The van der Waals surface area contributed by atoms with Crippen molar-refractivity contribution in [1.82, 2.24) is 0 Å². The van der Waals surface area contributed by atoms with Crippen molar-refractivity contribution in [2.45, 2.75) is 17.2 Å². The number of ether oxygens (including phenoxy) is 1. The summed E-state index contributed by atoms with van der Waals surface area (Å²) in [7, 11) is -2.35. The van der Waals surface area contributed by atoms with Crippen molar-refractivity contribution >= 4 is 21.4 Å². The maximum Gasteiger partial charge on any atom is 0.416 e. The highest BCUT2D eigenvalue weighted by Crippen LogP contribution is 2.37. The van der Waals surface area contributed by atoms with Gasteiger partial charge >= 0.3 is 12.4 Å². The molecule has 5 nitrogen and oxygen atoms in total. The van der Waals surface area contributed by atoms with E-state index < -0.39 is 44.9 Å². The summed E-state index contributed by atoms with van der Waals surface area (Å²) in [5, 5.41) is 1.97. The van der Waals surface area contributed by atoms with Gasteiger partial charge in [-0.3, -0.25) is 4.79 Å². The van der Waals surface area contributed by atoms with E-state index in [9.17, 15) is 39.6 Å². The first-order valence-electron chi connectivity index (χ1n) is 8.16. The molecule has 2 rings (SSSR count). The molecule has 0 unspecified atom stereocenters. The SMILES string of the molecule is COCCS(=O)(=O)c1ccc(C(=O)Nc2cc(C(F)(F)F)cc(C(F)(F)F)c2)cc1. The lowest BCUT2D eigenvalue weighted by Crippen LogP contribution is -2.16. The zero-order chi connectivity index (χ0) is 22.7. The van der Waals surface area contributed by atoms with Crippen molar-refractivity contribution in [3.05, 3.63) is 59.2 Å². The first kappa shape index (κ1) is 23.7. The number of rotatable bonds is 6. The Kier molecular flexibility index (Phi) is 6.82. The Labute approximate surface area is 167 Å². The molecule has 2 aromatic rings. The number of nitrogens with one attached hydrogen (secondary N) is 1. The zero-order valence-electron chi connectivity index (χ0n) is 15.3. The third-order valence-electron chi connectivity index (χ3n) is 3.88. The number of benzene rings is 2. The smallest absolute Gasteiger partial charge is 0.384 e. The molecule has 2 aromatic carbocycles. The number of sulfone groups is 1. The minimum atomic E-state index is -5.06. The summed E-state index contributed by atoms with van der Waals surface area (Å²) in [6, 6.07) is 5.07. The van der Waals surface area contributed by atoms with Gasteiger partial charge in [0.15, 0.2) is 9.84 Å². The number of alkyl halides is 6. The van der Waals surface area contributed by atoms with Gasteiger partial charge in [-0.1, -0.05) is 0 Å². The average molecular weight is 455 g/mol. The number of anilines is 1. The van der Waals surface area contributed by atoms with Crippen LogP contribution in [0.15, 0.2) is 47.4 Å². The molecule has 1 N–H and O–H groups in total. The average Bonchev–Trinajstić information content (AvgIpc) is 2.65. The predicted octanol–water partition coefficient (Wildman–Crippen LogP) is 4.40. The van der Waals surface area contributed by atoms with Crippen LogP contribution in [0.3, 0.4) is 0 Å². The summed E-state index contributed by atoms with van der Waals surface area (Å²) in [5.41, 5.74) is -4.02. The van der Waals surface area contributed by atoms with Gasteiger partial charge in [0.1, 0.15) is 0 Å². The number of amides is 1. The fraction of sp³-hybridized carbons (Fsp3) is 0.278. The summed E-state index contributed by atoms with van der Waals surface area (Å²) in [6.45, 7) is -0.0539. The van der Waals surface area contributed by atoms with Crippen LogP contribution in [-0.4, -0.2) is 33.8 Å². The van der Waals surface area contributed by atoms with Gasteiger partial charge in [-0.2, -0.15) is 26.3 Å². The lowest BCUT2D eigenvalue weighted by Gasteiger charge is -2.15. The predicted molar refractivity (Wildman–Crippen MR) is 94.8 cm³/mol. The summed E-state index contributed by atoms with van der Waals surface area (Å²) < 4.78 is 106. The summed E-state index contributed by atoms with van der Waals surface area (Å²) >= 11 is 0. The van der Waals surface area contributed by atoms with E-state index in [0.717, 1.165) is 24.3 Å². The monoisotopic (exact) mass is 455 g/mol. The summed E-state index contributed by atoms with van der Waals surface area (Å²) in [4.78, 5) is 12.1. The van der Waals surface area contributed by atoms with E-state index in [0.29, 0.717) is 12.1 Å². The molecule has 164 valence electrons. The Morgan fingerprint density at radius 3 is 1.87 bits per heavy atom. The number of carbonyl (C=O) groups is 1. The number of methoxy groups -OCH3 is 1. The molecule has 30 heavy (non-hydrogen) atoms. The second kappa shape index (κ2) is 8.64. The molecule has 0 aliphatic rings. The summed E-state index contributed by atoms with van der Waals surface area (Å²) in [5.74, 6) is -1.32. The number of carbonyl (C=O) groups excluding carboxylic acids is 1. The third-order valence-corrected chi connectivity index (χ3v) is 5.57. The second-order valence-electron chi connectivity index (χ2n) is 6.08. The van der Waals surface area contributed by atoms with Crippen LogP contribution in [0.25, 0.3) is 0 Å². The molecule has 0 atom stereocenters. The lowest BCUT2D eigenvalue weighted by molar-refractivity contribution is -0.143. The van der Waals surface area contributed by atoms with E-state index in [2.05, 4.69) is 0 Å². The van der Waals surface area contributed by atoms with Gasteiger partial charge in [0.05, 0.1) is 28.4 Å². The number of hydrogen-bond donors (Lipinski definition) is 1. The van der Waals surface area contributed by atoms with Gasteiger partial charge in [-0.05, 0) is 42.5 Å². The molecule has 0 aromatic heterocycles. The minimum absolute atomic E-state index is 0.0539. The Hall–Kier alpha value is -2.60. The quantitative estimate of drug-likeness (QED) is 0.656. The molecule has 12 heteroatoms. The van der Waals surface area contributed by atoms with E-state index in [4.69, 9.17) is 4.74 Å². The fourth-order valence-corrected chi connectivity index (χ4v) is 3.53. The van der Waals surface area contributed by atoms with E-state index in [1.165, 1.54) is 7.11 Å². The van der Waals surface area contributed by atoms with Gasteiger partial charge in [0.25, 0.3) is 5.91 Å². The first-order valence-corrected chi connectivity index (χ1v) is 9.82. The molecule has 1 amide bonds. The van der Waals surface area contributed by atoms with Crippen LogP contribution in [0.5, 0.6) is 0 Å². The van der Waals surface area contributed by atoms with Crippen LogP contribution in [0.1, 0.15) is 21.5 Å². The van der Waals surface area contributed by atoms with Gasteiger partial charge in [0, 0.05) is 18.4 Å². The van der Waals surface area contributed by atoms with Crippen molar-refractivity contribution in [3.63, 3.8) is 0 Å². The van der Waals surface area contributed by atoms with Crippen molar-refractivity contribution in [3.8, 4) is 0 Å². The Balaban J connectivity index is 2.29. The van der Waals surface area contributed by atoms with Crippen molar-refractivity contribution < 1.29 is 44.3 Å². The highest BCUT2D eigenvalue weighted by atomic mass is 32.2. The number of hydrogen-bond acceptors (Lipinski definition) is 4. The van der Waals surface area contributed by atoms with Crippen LogP contribution < -0.4 is 5.32 Å². The zero-order valence-corrected chi connectivity index (χ0v) is 16.1. The van der Waals surface area contributed by atoms with E-state index in [1.807, 2.05) is 5.32 Å². The molecule has 0 aliphatic heterocycles. The highest BCUT2D eigenvalue weighted by molar-refractivity contribution is 7.91. The van der Waals surface area contributed by atoms with E-state index in [-0.39, 0.29) is 28.9 Å². The van der Waals surface area contributed by atoms with Crippen molar-refractivity contribution in [1.29, 1.82) is 0 Å². The lowest BCUT2D eigenvalue weighted by atomic mass is 10.1. The number of halogens is 6. The van der Waals surface area contributed by atoms with Crippen molar-refractivity contribution in [2.75, 3.05) is 24.8 Å². The molecule has 0 saturated carbocycles. The van der Waals surface area contributed by atoms with Crippen LogP contribution in [0.2, 0.25) is 0 Å². The van der Waals surface area contributed by atoms with E-state index >= 15 is 0 Å². The molecule has 0 saturated heterocycles. The molecule has 0 spiro atoms. The second-order valence-corrected chi connectivity index (χ2v) is 8.19. The molecule has 0 radical (unpaired) electrons. The van der Waals surface area contributed by atoms with Crippen LogP contribution in [0, 0.1) is 0 Å². The summed E-state index contributed by atoms with van der Waals surface area (Å²) in [6.07, 6.45) is -10.1. The van der Waals surface area contributed by atoms with Crippen LogP contribution in [0.4, 0.5) is 32.0 Å². The minimum Gasteiger partial charge on any atom is -0.384 e. The van der Waals surface area contributed by atoms with Gasteiger partial charge in [0.2, 0.25) is 0 Å². The maximum absolute atomic E-state index is 12.9. The first-order chi connectivity index (χ1) is 13.7. The Morgan fingerprint density at radius 1 is 0.933 bits per heavy atom. The highest BCUT2D eigenvalue weighted by Gasteiger charge is 2.37. The molecule has 0 bridgehead atoms. The third kappa shape index (κ3) is 5.95. The topological polar surface area (TPSA) is 72.5 Å². The van der Waals surface area contributed by atoms with Gasteiger partial charge in [-0.25, -0.2) is 8.42 Å². The standard InChI is InChI=1S/C18H15F6NO4S/c1-29-6-7-30(27,28)15-4-2-11(3-5-15)16(26)25-14-9-12(17(19,20)21)8-13(10-14)18(22,23)24/h2-5,8-10H,6-7H2,1H3,(H,25,26). The van der Waals surface area contributed by atoms with Crippen LogP contribution >= 0.6 is 0 Å².